The van der Waals surface area contributed by atoms with Crippen LogP contribution in [0.1, 0.15) is 105 Å². The van der Waals surface area contributed by atoms with Gasteiger partial charge in [0.25, 0.3) is 0 Å². The third-order valence-electron chi connectivity index (χ3n) is 6.67. The monoisotopic (exact) mass is 600 g/mol. The van der Waals surface area contributed by atoms with Gasteiger partial charge in [0.15, 0.2) is 11.6 Å². The van der Waals surface area contributed by atoms with Crippen molar-refractivity contribution in [2.45, 2.75) is 86.0 Å². The van der Waals surface area contributed by atoms with Gasteiger partial charge in [0.2, 0.25) is 0 Å². The van der Waals surface area contributed by atoms with E-state index in [1.165, 1.54) is 13.8 Å². The van der Waals surface area contributed by atoms with Crippen LogP contribution in [0.3, 0.4) is 0 Å². The highest BCUT2D eigenvalue weighted by atomic mass is 16.5. The van der Waals surface area contributed by atoms with Crippen LogP contribution in [0.2, 0.25) is 0 Å². The summed E-state index contributed by atoms with van der Waals surface area (Å²) in [5.41, 5.74) is 2.34. The lowest BCUT2D eigenvalue weighted by molar-refractivity contribution is -0.143. The Hall–Kier alpha value is -3.59. The molecule has 9 nitrogen and oxygen atoms in total. The number of hydrogen-bond donors (Lipinski definition) is 1. The average molecular weight is 601 g/mol. The normalized spacial score (nSPS) is 10.8. The van der Waals surface area contributed by atoms with Crippen LogP contribution in [-0.2, 0) is 27.1 Å². The Morgan fingerprint density at radius 2 is 1.21 bits per heavy atom. The largest absolute Gasteiger partial charge is 0.507 e. The zero-order chi connectivity index (χ0) is 31.6. The Balaban J connectivity index is 1.84. The Morgan fingerprint density at radius 1 is 0.674 bits per heavy atom. The molecule has 2 aromatic rings. The molecule has 0 unspecified atom stereocenters. The number of ketones is 2. The summed E-state index contributed by atoms with van der Waals surface area (Å²) < 4.78 is 28.7. The van der Waals surface area contributed by atoms with E-state index in [2.05, 4.69) is 6.92 Å². The molecule has 0 aliphatic carbocycles. The number of carbonyl (C=O) groups is 3. The second kappa shape index (κ2) is 19.6. The van der Waals surface area contributed by atoms with Gasteiger partial charge in [-0.2, -0.15) is 0 Å². The van der Waals surface area contributed by atoms with E-state index in [-0.39, 0.29) is 29.7 Å². The van der Waals surface area contributed by atoms with Crippen molar-refractivity contribution >= 4 is 17.5 Å². The van der Waals surface area contributed by atoms with Crippen LogP contribution in [0.4, 0.5) is 0 Å². The van der Waals surface area contributed by atoms with Crippen LogP contribution in [0.5, 0.6) is 23.0 Å². The van der Waals surface area contributed by atoms with E-state index in [4.69, 9.17) is 23.7 Å². The van der Waals surface area contributed by atoms with Crippen LogP contribution < -0.4 is 14.2 Å². The number of ether oxygens (including phenoxy) is 5. The maximum Gasteiger partial charge on any atom is 0.305 e. The summed E-state index contributed by atoms with van der Waals surface area (Å²) in [6.45, 7) is 11.3. The Morgan fingerprint density at radius 3 is 1.79 bits per heavy atom. The van der Waals surface area contributed by atoms with Gasteiger partial charge in [-0.1, -0.05) is 26.7 Å². The molecule has 0 heterocycles. The number of phenolic OH excluding ortho intramolecular Hbond substituents is 1. The SMILES string of the molecule is CCCc1c(OCCCOCCCOc2c(C(C)=O)ccc(OCCCC(=O)OCC)c2CCC)ccc(C(C)=O)c1O. The molecule has 0 saturated heterocycles. The summed E-state index contributed by atoms with van der Waals surface area (Å²) >= 11 is 0. The second-order valence-electron chi connectivity index (χ2n) is 10.2. The van der Waals surface area contributed by atoms with Gasteiger partial charge in [0.05, 0.1) is 37.6 Å². The minimum Gasteiger partial charge on any atom is -0.507 e. The Labute approximate surface area is 255 Å². The lowest BCUT2D eigenvalue weighted by Crippen LogP contribution is -2.11. The van der Waals surface area contributed by atoms with Crippen LogP contribution in [-0.4, -0.2) is 62.3 Å². The van der Waals surface area contributed by atoms with Gasteiger partial charge in [-0.15, -0.1) is 0 Å². The molecule has 238 valence electrons. The molecule has 0 spiro atoms. The molecule has 0 aromatic heterocycles. The maximum absolute atomic E-state index is 12.4. The molecule has 0 saturated carbocycles. The summed E-state index contributed by atoms with van der Waals surface area (Å²) in [6.07, 6.45) is 5.09. The number of carbonyl (C=O) groups excluding carboxylic acids is 3. The van der Waals surface area contributed by atoms with Gasteiger partial charge < -0.3 is 28.8 Å². The van der Waals surface area contributed by atoms with Gasteiger partial charge in [0.1, 0.15) is 23.0 Å². The van der Waals surface area contributed by atoms with Crippen LogP contribution in [0.25, 0.3) is 0 Å². The zero-order valence-corrected chi connectivity index (χ0v) is 26.4. The van der Waals surface area contributed by atoms with Crippen molar-refractivity contribution in [2.75, 3.05) is 39.6 Å². The third-order valence-corrected chi connectivity index (χ3v) is 6.67. The van der Waals surface area contributed by atoms with E-state index in [1.54, 1.807) is 31.2 Å². The fraction of sp³-hybridized carbons (Fsp3) is 0.559. The fourth-order valence-electron chi connectivity index (χ4n) is 4.61. The van der Waals surface area contributed by atoms with Crippen molar-refractivity contribution in [2.24, 2.45) is 0 Å². The van der Waals surface area contributed by atoms with Crippen LogP contribution in [0, 0.1) is 0 Å². The number of rotatable bonds is 22. The molecular formula is C34H48O9. The van der Waals surface area contributed by atoms with Gasteiger partial charge in [0, 0.05) is 43.6 Å². The first-order chi connectivity index (χ1) is 20.7. The van der Waals surface area contributed by atoms with Crippen molar-refractivity contribution in [1.82, 2.24) is 0 Å². The van der Waals surface area contributed by atoms with Crippen molar-refractivity contribution < 1.29 is 43.2 Å². The van der Waals surface area contributed by atoms with Gasteiger partial charge in [-0.05, 0) is 64.3 Å². The van der Waals surface area contributed by atoms with Gasteiger partial charge in [-0.3, -0.25) is 14.4 Å². The lowest BCUT2D eigenvalue weighted by atomic mass is 10.0. The number of esters is 1. The van der Waals surface area contributed by atoms with Crippen LogP contribution in [0.15, 0.2) is 24.3 Å². The lowest BCUT2D eigenvalue weighted by Gasteiger charge is -2.19. The molecule has 43 heavy (non-hydrogen) atoms. The Bertz CT molecular complexity index is 1190. The number of benzene rings is 2. The van der Waals surface area contributed by atoms with Crippen LogP contribution >= 0.6 is 0 Å². The molecule has 0 bridgehead atoms. The molecule has 0 aliphatic heterocycles. The topological polar surface area (TPSA) is 118 Å². The third kappa shape index (κ3) is 11.5. The van der Waals surface area contributed by atoms with Crippen molar-refractivity contribution in [3.63, 3.8) is 0 Å². The Kier molecular flexibility index (Phi) is 16.2. The van der Waals surface area contributed by atoms with E-state index < -0.39 is 0 Å². The minimum atomic E-state index is -0.243. The van der Waals surface area contributed by atoms with E-state index >= 15 is 0 Å². The van der Waals surface area contributed by atoms with E-state index in [0.29, 0.717) is 106 Å². The molecule has 0 fully saturated rings. The maximum atomic E-state index is 12.4. The van der Waals surface area contributed by atoms with E-state index in [0.717, 1.165) is 18.4 Å². The molecule has 0 aliphatic rings. The summed E-state index contributed by atoms with van der Waals surface area (Å²) in [6, 6.07) is 6.87. The predicted octanol–water partition coefficient (Wildman–Crippen LogP) is 6.68. The van der Waals surface area contributed by atoms with Crippen molar-refractivity contribution in [1.29, 1.82) is 0 Å². The van der Waals surface area contributed by atoms with Crippen molar-refractivity contribution in [3.05, 3.63) is 46.5 Å². The molecule has 0 atom stereocenters. The first-order valence-corrected chi connectivity index (χ1v) is 15.4. The minimum absolute atomic E-state index is 0.00391. The zero-order valence-electron chi connectivity index (χ0n) is 26.4. The first-order valence-electron chi connectivity index (χ1n) is 15.4. The first kappa shape index (κ1) is 35.6. The highest BCUT2D eigenvalue weighted by molar-refractivity contribution is 5.98. The molecule has 1 N–H and O–H groups in total. The molecule has 0 radical (unpaired) electrons. The standard InChI is InChI=1S/C34H48O9/c1-6-12-28-30(17-15-26(24(4)35)33(28)38)42-22-10-19-39-20-11-23-43-34-27(25(5)36)16-18-31(29(34)13-7-2)41-21-9-14-32(37)40-8-3/h15-18,38H,6-14,19-23H2,1-5H3. The van der Waals surface area contributed by atoms with E-state index in [9.17, 15) is 19.5 Å². The molecular weight excluding hydrogens is 552 g/mol. The second-order valence-corrected chi connectivity index (χ2v) is 10.2. The summed E-state index contributed by atoms with van der Waals surface area (Å²) in [4.78, 5) is 35.7. The summed E-state index contributed by atoms with van der Waals surface area (Å²) in [5, 5.41) is 10.5. The molecule has 2 aromatic carbocycles. The molecule has 9 heteroatoms. The molecule has 2 rings (SSSR count). The highest BCUT2D eigenvalue weighted by Crippen LogP contribution is 2.35. The number of phenols is 1. The number of Topliss-reactive ketones (excluding diaryl/α,β-unsaturated/α-hetero) is 2. The van der Waals surface area contributed by atoms with Crippen molar-refractivity contribution in [3.8, 4) is 23.0 Å². The smallest absolute Gasteiger partial charge is 0.305 e. The quantitative estimate of drug-likeness (QED) is 0.0897. The van der Waals surface area contributed by atoms with Gasteiger partial charge in [-0.25, -0.2) is 0 Å². The van der Waals surface area contributed by atoms with E-state index in [1.807, 2.05) is 6.92 Å². The predicted molar refractivity (Wildman–Crippen MR) is 165 cm³/mol. The number of hydrogen-bond acceptors (Lipinski definition) is 9. The van der Waals surface area contributed by atoms with Gasteiger partial charge >= 0.3 is 5.97 Å². The molecule has 0 amide bonds. The fourth-order valence-corrected chi connectivity index (χ4v) is 4.61. The summed E-state index contributed by atoms with van der Waals surface area (Å²) in [7, 11) is 0. The number of aromatic hydroxyl groups is 1. The average Bonchev–Trinajstić information content (AvgIpc) is 2.97. The summed E-state index contributed by atoms with van der Waals surface area (Å²) in [5.74, 6) is 1.30. The highest BCUT2D eigenvalue weighted by Gasteiger charge is 2.19.